The van der Waals surface area contributed by atoms with Crippen LogP contribution in [-0.4, -0.2) is 27.6 Å². The van der Waals surface area contributed by atoms with Crippen molar-refractivity contribution in [1.82, 2.24) is 15.5 Å². The van der Waals surface area contributed by atoms with Crippen molar-refractivity contribution in [2.24, 2.45) is 0 Å². The Labute approximate surface area is 125 Å². The van der Waals surface area contributed by atoms with Crippen molar-refractivity contribution in [3.8, 4) is 0 Å². The molecule has 0 fully saturated rings. The molecule has 2 rings (SSSR count). The van der Waals surface area contributed by atoms with Crippen molar-refractivity contribution < 1.29 is 9.72 Å². The Kier molecular flexibility index (Phi) is 4.08. The van der Waals surface area contributed by atoms with Crippen LogP contribution in [0.25, 0.3) is 0 Å². The van der Waals surface area contributed by atoms with E-state index in [0.29, 0.717) is 6.54 Å². The molecule has 7 nitrogen and oxygen atoms in total. The molecule has 0 aromatic carbocycles. The minimum atomic E-state index is -0.599. The highest BCUT2D eigenvalue weighted by molar-refractivity contribution is 7.10. The quantitative estimate of drug-likeness (QED) is 0.654. The van der Waals surface area contributed by atoms with Crippen LogP contribution in [0.15, 0.2) is 17.5 Å². The van der Waals surface area contributed by atoms with Crippen molar-refractivity contribution in [3.05, 3.63) is 43.9 Å². The van der Waals surface area contributed by atoms with Crippen LogP contribution in [0.5, 0.6) is 0 Å². The Morgan fingerprint density at radius 1 is 1.57 bits per heavy atom. The number of hydrogen-bond donors (Lipinski definition) is 2. The zero-order valence-corrected chi connectivity index (χ0v) is 12.8. The number of nitrogens with zero attached hydrogens (tertiary/aromatic N) is 2. The van der Waals surface area contributed by atoms with Gasteiger partial charge in [-0.25, -0.2) is 0 Å². The molecule has 0 radical (unpaired) electrons. The third-order valence-electron chi connectivity index (χ3n) is 3.19. The van der Waals surface area contributed by atoms with Crippen LogP contribution in [0.2, 0.25) is 0 Å². The standard InChI is InChI=1S/C13H16N4O3S/c1-8-11(17(19)20)10(16-15-8)12(18)14-7-13(2,3)9-5-4-6-21-9/h4-6H,7H2,1-3H3,(H,14,18)(H,15,16). The number of nitro groups is 1. The molecule has 8 heteroatoms. The summed E-state index contributed by atoms with van der Waals surface area (Å²) in [5.74, 6) is -0.546. The molecule has 2 aromatic heterocycles. The maximum absolute atomic E-state index is 12.1. The maximum atomic E-state index is 12.1. The van der Waals surface area contributed by atoms with E-state index >= 15 is 0 Å². The highest BCUT2D eigenvalue weighted by Crippen LogP contribution is 2.27. The van der Waals surface area contributed by atoms with Gasteiger partial charge >= 0.3 is 5.69 Å². The molecule has 112 valence electrons. The lowest BCUT2D eigenvalue weighted by molar-refractivity contribution is -0.385. The fraction of sp³-hybridized carbons (Fsp3) is 0.385. The second-order valence-corrected chi connectivity index (χ2v) is 6.29. The van der Waals surface area contributed by atoms with Crippen molar-refractivity contribution in [2.45, 2.75) is 26.2 Å². The average Bonchev–Trinajstić information content (AvgIpc) is 3.05. The number of aromatic amines is 1. The number of carbonyl (C=O) groups excluding carboxylic acids is 1. The molecule has 21 heavy (non-hydrogen) atoms. The van der Waals surface area contributed by atoms with Crippen LogP contribution in [0.4, 0.5) is 5.69 Å². The Morgan fingerprint density at radius 2 is 2.29 bits per heavy atom. The number of hydrogen-bond acceptors (Lipinski definition) is 5. The summed E-state index contributed by atoms with van der Waals surface area (Å²) in [7, 11) is 0. The van der Waals surface area contributed by atoms with E-state index in [9.17, 15) is 14.9 Å². The summed E-state index contributed by atoms with van der Waals surface area (Å²) in [6.45, 7) is 5.89. The van der Waals surface area contributed by atoms with Crippen LogP contribution in [-0.2, 0) is 5.41 Å². The van der Waals surface area contributed by atoms with Gasteiger partial charge < -0.3 is 5.32 Å². The van der Waals surface area contributed by atoms with E-state index in [-0.39, 0.29) is 22.5 Å². The largest absolute Gasteiger partial charge is 0.350 e. The lowest BCUT2D eigenvalue weighted by Crippen LogP contribution is -2.36. The number of aromatic nitrogens is 2. The molecular formula is C13H16N4O3S. The molecule has 2 aromatic rings. The predicted molar refractivity (Wildman–Crippen MR) is 79.7 cm³/mol. The van der Waals surface area contributed by atoms with Gasteiger partial charge in [-0.05, 0) is 18.4 Å². The fourth-order valence-electron chi connectivity index (χ4n) is 1.94. The van der Waals surface area contributed by atoms with Crippen LogP contribution in [0, 0.1) is 17.0 Å². The minimum Gasteiger partial charge on any atom is -0.350 e. The first-order valence-corrected chi connectivity index (χ1v) is 7.22. The van der Waals surface area contributed by atoms with Crippen LogP contribution in [0.1, 0.15) is 34.9 Å². The van der Waals surface area contributed by atoms with Crippen LogP contribution >= 0.6 is 11.3 Å². The van der Waals surface area contributed by atoms with E-state index in [1.165, 1.54) is 6.92 Å². The van der Waals surface area contributed by atoms with Gasteiger partial charge in [0.25, 0.3) is 5.91 Å². The van der Waals surface area contributed by atoms with E-state index < -0.39 is 10.8 Å². The first-order chi connectivity index (χ1) is 9.83. The third-order valence-corrected chi connectivity index (χ3v) is 4.43. The third kappa shape index (κ3) is 3.10. The summed E-state index contributed by atoms with van der Waals surface area (Å²) in [4.78, 5) is 23.6. The maximum Gasteiger partial charge on any atom is 0.322 e. The van der Waals surface area contributed by atoms with Gasteiger partial charge in [-0.3, -0.25) is 20.0 Å². The highest BCUT2D eigenvalue weighted by atomic mass is 32.1. The molecule has 0 bridgehead atoms. The van der Waals surface area contributed by atoms with E-state index in [2.05, 4.69) is 15.5 Å². The Bertz CT molecular complexity index is 661. The lowest BCUT2D eigenvalue weighted by atomic mass is 9.91. The first-order valence-electron chi connectivity index (χ1n) is 6.34. The van der Waals surface area contributed by atoms with Crippen molar-refractivity contribution in [1.29, 1.82) is 0 Å². The predicted octanol–water partition coefficient (Wildman–Crippen LogP) is 2.40. The normalized spacial score (nSPS) is 11.4. The van der Waals surface area contributed by atoms with Gasteiger partial charge in [-0.15, -0.1) is 11.3 Å². The SMILES string of the molecule is Cc1[nH]nc(C(=O)NCC(C)(C)c2cccs2)c1[N+](=O)[O-]. The Hall–Kier alpha value is -2.22. The van der Waals surface area contributed by atoms with Gasteiger partial charge in [0.05, 0.1) is 4.92 Å². The molecule has 2 N–H and O–H groups in total. The van der Waals surface area contributed by atoms with E-state index in [1.807, 2.05) is 31.4 Å². The summed E-state index contributed by atoms with van der Waals surface area (Å²) in [6, 6.07) is 3.95. The zero-order chi connectivity index (χ0) is 15.6. The molecule has 0 saturated heterocycles. The van der Waals surface area contributed by atoms with Crippen LogP contribution in [0.3, 0.4) is 0 Å². The fourth-order valence-corrected chi connectivity index (χ4v) is 2.79. The van der Waals surface area contributed by atoms with Crippen molar-refractivity contribution >= 4 is 22.9 Å². The Balaban J connectivity index is 2.11. The molecule has 1 amide bonds. The van der Waals surface area contributed by atoms with Gasteiger partial charge in [0.1, 0.15) is 5.69 Å². The summed E-state index contributed by atoms with van der Waals surface area (Å²) < 4.78 is 0. The number of rotatable bonds is 5. The number of thiophene rings is 1. The average molecular weight is 308 g/mol. The number of H-pyrrole nitrogens is 1. The molecule has 0 aliphatic carbocycles. The topological polar surface area (TPSA) is 101 Å². The summed E-state index contributed by atoms with van der Waals surface area (Å²) in [5.41, 5.74) is -0.437. The number of carbonyl (C=O) groups is 1. The minimum absolute atomic E-state index is 0.181. The second kappa shape index (κ2) is 5.65. The summed E-state index contributed by atoms with van der Waals surface area (Å²) >= 11 is 1.61. The molecule has 0 aliphatic rings. The van der Waals surface area contributed by atoms with E-state index in [4.69, 9.17) is 0 Å². The van der Waals surface area contributed by atoms with Gasteiger partial charge in [-0.1, -0.05) is 19.9 Å². The van der Waals surface area contributed by atoms with E-state index in [0.717, 1.165) is 4.88 Å². The second-order valence-electron chi connectivity index (χ2n) is 5.35. The van der Waals surface area contributed by atoms with Gasteiger partial charge in [0.2, 0.25) is 5.69 Å². The molecule has 0 spiro atoms. The monoisotopic (exact) mass is 308 g/mol. The number of amides is 1. The van der Waals surface area contributed by atoms with Gasteiger partial charge in [0, 0.05) is 16.8 Å². The first kappa shape index (κ1) is 15.2. The van der Waals surface area contributed by atoms with Crippen molar-refractivity contribution in [3.63, 3.8) is 0 Å². The van der Waals surface area contributed by atoms with E-state index in [1.54, 1.807) is 11.3 Å². The van der Waals surface area contributed by atoms with Gasteiger partial charge in [0.15, 0.2) is 0 Å². The van der Waals surface area contributed by atoms with Crippen molar-refractivity contribution in [2.75, 3.05) is 6.54 Å². The smallest absolute Gasteiger partial charge is 0.322 e. The molecule has 2 heterocycles. The van der Waals surface area contributed by atoms with Crippen LogP contribution < -0.4 is 5.32 Å². The van der Waals surface area contributed by atoms with Gasteiger partial charge in [-0.2, -0.15) is 5.10 Å². The number of nitrogens with one attached hydrogen (secondary N) is 2. The summed E-state index contributed by atoms with van der Waals surface area (Å²) in [6.07, 6.45) is 0. The zero-order valence-electron chi connectivity index (χ0n) is 12.0. The number of aryl methyl sites for hydroxylation is 1. The molecule has 0 saturated carbocycles. The Morgan fingerprint density at radius 3 is 2.86 bits per heavy atom. The molecule has 0 unspecified atom stereocenters. The lowest BCUT2D eigenvalue weighted by Gasteiger charge is -2.23. The molecule has 0 atom stereocenters. The summed E-state index contributed by atoms with van der Waals surface area (Å²) in [5, 5.41) is 21.9. The highest BCUT2D eigenvalue weighted by Gasteiger charge is 2.29. The molecule has 0 aliphatic heterocycles. The molecular weight excluding hydrogens is 292 g/mol.